The van der Waals surface area contributed by atoms with Gasteiger partial charge in [0.25, 0.3) is 17.4 Å². The number of hydrogen-bond acceptors (Lipinski definition) is 7. The molecule has 0 aromatic heterocycles. The Morgan fingerprint density at radius 2 is 1.76 bits per heavy atom. The molecule has 3 aromatic carbocycles. The average molecular weight is 446 g/mol. The summed E-state index contributed by atoms with van der Waals surface area (Å²) in [4.78, 5) is 38.0. The van der Waals surface area contributed by atoms with Crippen LogP contribution in [-0.4, -0.2) is 33.9 Å². The molecule has 0 radical (unpaired) electrons. The number of anilines is 1. The molecule has 0 aliphatic carbocycles. The molecule has 2 N–H and O–H groups in total. The quantitative estimate of drug-likeness (QED) is 0.200. The molecular formula is C24H18N2O7. The van der Waals surface area contributed by atoms with Crippen molar-refractivity contribution < 1.29 is 29.5 Å². The third-order valence-electron chi connectivity index (χ3n) is 5.33. The molecule has 4 rings (SSSR count). The number of aliphatic hydroxyl groups excluding tert-OH is 1. The van der Waals surface area contributed by atoms with E-state index in [4.69, 9.17) is 4.74 Å². The molecule has 3 aromatic rings. The molecule has 1 heterocycles. The lowest BCUT2D eigenvalue weighted by molar-refractivity contribution is -0.384. The highest BCUT2D eigenvalue weighted by molar-refractivity contribution is 6.51. The summed E-state index contributed by atoms with van der Waals surface area (Å²) in [7, 11) is 1.35. The van der Waals surface area contributed by atoms with Crippen LogP contribution in [0.25, 0.3) is 5.76 Å². The zero-order chi connectivity index (χ0) is 23.7. The van der Waals surface area contributed by atoms with Crippen LogP contribution in [-0.2, 0) is 9.59 Å². The molecule has 1 saturated heterocycles. The fourth-order valence-corrected chi connectivity index (χ4v) is 3.79. The highest BCUT2D eigenvalue weighted by Gasteiger charge is 2.47. The maximum absolute atomic E-state index is 13.1. The fraction of sp³-hybridized carbons (Fsp3) is 0.0833. The van der Waals surface area contributed by atoms with E-state index in [1.807, 2.05) is 0 Å². The summed E-state index contributed by atoms with van der Waals surface area (Å²) in [5.74, 6) is -2.35. The summed E-state index contributed by atoms with van der Waals surface area (Å²) in [6.07, 6.45) is 0. The number of nitrogens with zero attached hydrogens (tertiary/aromatic N) is 2. The van der Waals surface area contributed by atoms with Crippen LogP contribution in [0.1, 0.15) is 17.2 Å². The van der Waals surface area contributed by atoms with Crippen molar-refractivity contribution in [1.29, 1.82) is 0 Å². The number of ketones is 1. The summed E-state index contributed by atoms with van der Waals surface area (Å²) < 4.78 is 5.16. The second-order valence-electron chi connectivity index (χ2n) is 7.24. The summed E-state index contributed by atoms with van der Waals surface area (Å²) in [5.41, 5.74) is 0.332. The number of aromatic hydroxyl groups is 1. The minimum atomic E-state index is -1.12. The second-order valence-corrected chi connectivity index (χ2v) is 7.24. The number of non-ortho nitro benzene ring substituents is 1. The number of hydrogen-bond donors (Lipinski definition) is 2. The van der Waals surface area contributed by atoms with Crippen molar-refractivity contribution in [3.8, 4) is 11.5 Å². The number of nitro groups is 1. The van der Waals surface area contributed by atoms with Crippen molar-refractivity contribution in [3.05, 3.63) is 99.6 Å². The van der Waals surface area contributed by atoms with Crippen LogP contribution in [0.5, 0.6) is 11.5 Å². The molecule has 0 spiro atoms. The van der Waals surface area contributed by atoms with Gasteiger partial charge in [0.05, 0.1) is 29.3 Å². The molecule has 1 unspecified atom stereocenters. The second kappa shape index (κ2) is 8.46. The average Bonchev–Trinajstić information content (AvgIpc) is 3.10. The first-order valence-corrected chi connectivity index (χ1v) is 9.81. The first-order chi connectivity index (χ1) is 15.8. The number of carbonyl (C=O) groups is 2. The van der Waals surface area contributed by atoms with Crippen LogP contribution >= 0.6 is 0 Å². The van der Waals surface area contributed by atoms with Gasteiger partial charge in [-0.2, -0.15) is 0 Å². The summed E-state index contributed by atoms with van der Waals surface area (Å²) in [6.45, 7) is 0. The van der Waals surface area contributed by atoms with Gasteiger partial charge in [-0.05, 0) is 23.8 Å². The lowest BCUT2D eigenvalue weighted by Gasteiger charge is -2.25. The lowest BCUT2D eigenvalue weighted by atomic mass is 9.94. The number of ether oxygens (including phenoxy) is 1. The van der Waals surface area contributed by atoms with Gasteiger partial charge in [0.2, 0.25) is 0 Å². The number of benzene rings is 3. The van der Waals surface area contributed by atoms with E-state index in [0.29, 0.717) is 11.1 Å². The Labute approximate surface area is 187 Å². The van der Waals surface area contributed by atoms with Crippen LogP contribution < -0.4 is 9.64 Å². The normalized spacial score (nSPS) is 17.2. The number of nitro benzene ring substituents is 1. The summed E-state index contributed by atoms with van der Waals surface area (Å²) >= 11 is 0. The van der Waals surface area contributed by atoms with Gasteiger partial charge in [-0.25, -0.2) is 0 Å². The number of methoxy groups -OCH3 is 1. The molecular weight excluding hydrogens is 428 g/mol. The zero-order valence-electron chi connectivity index (χ0n) is 17.3. The van der Waals surface area contributed by atoms with Crippen LogP contribution in [0.2, 0.25) is 0 Å². The van der Waals surface area contributed by atoms with E-state index >= 15 is 0 Å². The SMILES string of the molecule is COc1cc(C2/C(=C(/O)c3ccccc3)C(=O)C(=O)N2c2cccc([N+](=O)[O-])c2)ccc1O. The van der Waals surface area contributed by atoms with Gasteiger partial charge in [0.1, 0.15) is 5.76 Å². The van der Waals surface area contributed by atoms with Gasteiger partial charge in [0.15, 0.2) is 11.5 Å². The number of rotatable bonds is 5. The Balaban J connectivity index is 1.98. The standard InChI is InChI=1S/C24H18N2O7/c1-33-19-12-15(10-11-18(19)27)21-20(22(28)14-6-3-2-4-7-14)23(29)24(30)25(21)16-8-5-9-17(13-16)26(31)32/h2-13,21,27-28H,1H3/b22-20-. The molecule has 1 aliphatic rings. The summed E-state index contributed by atoms with van der Waals surface area (Å²) in [5, 5.41) is 32.3. The van der Waals surface area contributed by atoms with E-state index in [2.05, 4.69) is 0 Å². The third-order valence-corrected chi connectivity index (χ3v) is 5.33. The lowest BCUT2D eigenvalue weighted by Crippen LogP contribution is -2.29. The van der Waals surface area contributed by atoms with Crippen molar-refractivity contribution in [2.45, 2.75) is 6.04 Å². The van der Waals surface area contributed by atoms with Gasteiger partial charge in [-0.1, -0.05) is 42.5 Å². The number of phenols is 1. The number of aliphatic hydroxyl groups is 1. The van der Waals surface area contributed by atoms with Gasteiger partial charge >= 0.3 is 0 Å². The molecule has 1 aliphatic heterocycles. The monoisotopic (exact) mass is 446 g/mol. The molecule has 33 heavy (non-hydrogen) atoms. The maximum Gasteiger partial charge on any atom is 0.300 e. The van der Waals surface area contributed by atoms with E-state index in [1.54, 1.807) is 30.3 Å². The van der Waals surface area contributed by atoms with Crippen LogP contribution in [0.15, 0.2) is 78.4 Å². The van der Waals surface area contributed by atoms with Crippen molar-refractivity contribution in [2.75, 3.05) is 12.0 Å². The zero-order valence-corrected chi connectivity index (χ0v) is 17.3. The van der Waals surface area contributed by atoms with Crippen molar-refractivity contribution in [2.24, 2.45) is 0 Å². The maximum atomic E-state index is 13.1. The number of carbonyl (C=O) groups excluding carboxylic acids is 2. The molecule has 9 nitrogen and oxygen atoms in total. The van der Waals surface area contributed by atoms with Crippen LogP contribution in [0.4, 0.5) is 11.4 Å². The van der Waals surface area contributed by atoms with Crippen molar-refractivity contribution in [3.63, 3.8) is 0 Å². The van der Waals surface area contributed by atoms with Crippen molar-refractivity contribution >= 4 is 28.8 Å². The Kier molecular flexibility index (Phi) is 5.53. The minimum absolute atomic E-state index is 0.0943. The van der Waals surface area contributed by atoms with Gasteiger partial charge < -0.3 is 14.9 Å². The predicted molar refractivity (Wildman–Crippen MR) is 119 cm³/mol. The Morgan fingerprint density at radius 1 is 1.03 bits per heavy atom. The highest BCUT2D eigenvalue weighted by atomic mass is 16.6. The smallest absolute Gasteiger partial charge is 0.300 e. The minimum Gasteiger partial charge on any atom is -0.507 e. The summed E-state index contributed by atoms with van der Waals surface area (Å²) in [6, 6.07) is 16.7. The molecule has 166 valence electrons. The van der Waals surface area contributed by atoms with E-state index in [1.165, 1.54) is 49.6 Å². The van der Waals surface area contributed by atoms with Crippen LogP contribution in [0, 0.1) is 10.1 Å². The van der Waals surface area contributed by atoms with E-state index in [-0.39, 0.29) is 34.2 Å². The molecule has 0 saturated carbocycles. The van der Waals surface area contributed by atoms with Gasteiger partial charge in [0, 0.05) is 17.7 Å². The highest BCUT2D eigenvalue weighted by Crippen LogP contribution is 2.44. The third kappa shape index (κ3) is 3.76. The predicted octanol–water partition coefficient (Wildman–Crippen LogP) is 3.94. The largest absolute Gasteiger partial charge is 0.507 e. The molecule has 1 amide bonds. The first kappa shape index (κ1) is 21.6. The first-order valence-electron chi connectivity index (χ1n) is 9.81. The molecule has 1 fully saturated rings. The molecule has 1 atom stereocenters. The fourth-order valence-electron chi connectivity index (χ4n) is 3.79. The van der Waals surface area contributed by atoms with Gasteiger partial charge in [-0.15, -0.1) is 0 Å². The molecule has 0 bridgehead atoms. The number of phenolic OH excluding ortho intramolecular Hbond substituents is 1. The van der Waals surface area contributed by atoms with Gasteiger partial charge in [-0.3, -0.25) is 24.6 Å². The Morgan fingerprint density at radius 3 is 2.42 bits per heavy atom. The number of Topliss-reactive ketones (excluding diaryl/α,β-unsaturated/α-hetero) is 1. The van der Waals surface area contributed by atoms with E-state index < -0.39 is 22.7 Å². The Bertz CT molecular complexity index is 1300. The molecule has 9 heteroatoms. The number of amides is 1. The van der Waals surface area contributed by atoms with Crippen molar-refractivity contribution in [1.82, 2.24) is 0 Å². The topological polar surface area (TPSA) is 130 Å². The Hall–Kier alpha value is -4.66. The van der Waals surface area contributed by atoms with E-state index in [9.17, 15) is 29.9 Å². The van der Waals surface area contributed by atoms with Crippen LogP contribution in [0.3, 0.4) is 0 Å². The van der Waals surface area contributed by atoms with E-state index in [0.717, 1.165) is 4.90 Å².